The average molecular weight is 215 g/mol. The van der Waals surface area contributed by atoms with Gasteiger partial charge in [-0.1, -0.05) is 11.6 Å². The molecule has 0 aliphatic heterocycles. The molecule has 0 heterocycles. The van der Waals surface area contributed by atoms with Gasteiger partial charge in [0.1, 0.15) is 0 Å². The smallest absolute Gasteiger partial charge is 0.207 e. The summed E-state index contributed by atoms with van der Waals surface area (Å²) < 4.78 is 51.1. The summed E-state index contributed by atoms with van der Waals surface area (Å²) in [5, 5.41) is -0.436. The van der Waals surface area contributed by atoms with Crippen LogP contribution in [-0.2, 0) is 9.05 Å². The van der Waals surface area contributed by atoms with Crippen molar-refractivity contribution in [1.29, 1.82) is 0 Å². The fraction of sp³-hybridized carbons (Fsp3) is 0. The monoisotopic (exact) mass is 214 g/mol. The van der Waals surface area contributed by atoms with Gasteiger partial charge in [-0.3, -0.25) is 0 Å². The minimum absolute atomic E-state index is 0.436. The predicted octanol–water partition coefficient (Wildman–Crippen LogP) is 2.27. The third kappa shape index (κ3) is 2.36. The minimum Gasteiger partial charge on any atom is -0.207 e. The van der Waals surface area contributed by atoms with Crippen LogP contribution in [0.25, 0.3) is 0 Å². The lowest BCUT2D eigenvalue weighted by Gasteiger charge is -1.93. The topological polar surface area (TPSA) is 34.1 Å². The molecular formula is C6H4Cl2O2S. The van der Waals surface area contributed by atoms with Gasteiger partial charge in [0.25, 0.3) is 9.05 Å². The molecule has 0 saturated carbocycles. The molecule has 11 heavy (non-hydrogen) atoms. The van der Waals surface area contributed by atoms with Gasteiger partial charge in [0.2, 0.25) is 0 Å². The molecule has 0 aliphatic rings. The Kier molecular flexibility index (Phi) is 1.28. The van der Waals surface area contributed by atoms with E-state index in [0.29, 0.717) is 0 Å². The number of rotatable bonds is 1. The third-order valence-corrected chi connectivity index (χ3v) is 2.16. The Morgan fingerprint density at radius 2 is 1.73 bits per heavy atom. The number of halogens is 2. The highest BCUT2D eigenvalue weighted by molar-refractivity contribution is 8.13. The van der Waals surface area contributed by atoms with Crippen LogP contribution in [0.1, 0.15) is 5.48 Å². The first-order chi connectivity index (χ1) is 6.68. The minimum atomic E-state index is -4.33. The van der Waals surface area contributed by atoms with E-state index in [2.05, 4.69) is 0 Å². The third-order valence-electron chi connectivity index (χ3n) is 0.815. The van der Waals surface area contributed by atoms with Crippen LogP contribution in [0.5, 0.6) is 0 Å². The van der Waals surface area contributed by atoms with E-state index in [1.165, 1.54) is 0 Å². The van der Waals surface area contributed by atoms with Crippen LogP contribution in [0.4, 0.5) is 0 Å². The zero-order valence-corrected chi connectivity index (χ0v) is 7.31. The first kappa shape index (κ1) is 4.70. The van der Waals surface area contributed by atoms with Gasteiger partial charge in [0.15, 0.2) is 0 Å². The molecule has 0 bridgehead atoms. The van der Waals surface area contributed by atoms with Crippen LogP contribution >= 0.6 is 22.3 Å². The van der Waals surface area contributed by atoms with E-state index in [9.17, 15) is 8.42 Å². The van der Waals surface area contributed by atoms with Crippen molar-refractivity contribution in [3.8, 4) is 0 Å². The molecule has 0 fully saturated rings. The standard InChI is InChI=1S/C6H4Cl2O2S/c7-5-1-3-6(4-2-5)11(8,9)10/h1-4H/i1D,2D,3D,4D. The normalized spacial score (nSPS) is 16.5. The van der Waals surface area contributed by atoms with Gasteiger partial charge in [-0.05, 0) is 24.2 Å². The van der Waals surface area contributed by atoms with Crippen LogP contribution in [0.3, 0.4) is 0 Å². The Hall–Kier alpha value is -0.250. The van der Waals surface area contributed by atoms with E-state index in [-0.39, 0.29) is 0 Å². The lowest BCUT2D eigenvalue weighted by Crippen LogP contribution is -1.88. The fourth-order valence-electron chi connectivity index (χ4n) is 0.408. The van der Waals surface area contributed by atoms with Crippen molar-refractivity contribution in [2.75, 3.05) is 0 Å². The first-order valence-corrected chi connectivity index (χ1v) is 5.07. The Labute approximate surface area is 79.8 Å². The van der Waals surface area contributed by atoms with Crippen molar-refractivity contribution >= 4 is 31.3 Å². The summed E-state index contributed by atoms with van der Waals surface area (Å²) in [4.78, 5) is -0.858. The van der Waals surface area contributed by atoms with Gasteiger partial charge in [0.05, 0.1) is 10.4 Å². The van der Waals surface area contributed by atoms with E-state index < -0.39 is 43.1 Å². The average Bonchev–Trinajstić information content (AvgIpc) is 2.09. The highest BCUT2D eigenvalue weighted by Gasteiger charge is 2.07. The largest absolute Gasteiger partial charge is 0.261 e. The van der Waals surface area contributed by atoms with Crippen LogP contribution in [0.15, 0.2) is 29.1 Å². The van der Waals surface area contributed by atoms with Gasteiger partial charge >= 0.3 is 0 Å². The molecular weight excluding hydrogens is 207 g/mol. The highest BCUT2D eigenvalue weighted by Crippen LogP contribution is 2.17. The Balaban J connectivity index is 3.84. The summed E-state index contributed by atoms with van der Waals surface area (Å²) in [6, 6.07) is -2.79. The molecule has 2 nitrogen and oxygen atoms in total. The highest BCUT2D eigenvalue weighted by atomic mass is 35.7. The summed E-state index contributed by atoms with van der Waals surface area (Å²) >= 11 is 5.46. The summed E-state index contributed by atoms with van der Waals surface area (Å²) in [5.41, 5.74) is 0. The maximum absolute atomic E-state index is 11.0. The molecule has 0 atom stereocenters. The van der Waals surface area contributed by atoms with Crippen LogP contribution in [0, 0.1) is 0 Å². The molecule has 1 aromatic carbocycles. The zero-order chi connectivity index (χ0) is 12.0. The van der Waals surface area contributed by atoms with Crippen LogP contribution < -0.4 is 0 Å². The lowest BCUT2D eigenvalue weighted by atomic mass is 10.4. The van der Waals surface area contributed by atoms with E-state index in [4.69, 9.17) is 27.8 Å². The quantitative estimate of drug-likeness (QED) is 0.673. The van der Waals surface area contributed by atoms with Crippen molar-refractivity contribution in [3.63, 3.8) is 0 Å². The van der Waals surface area contributed by atoms with E-state index in [0.717, 1.165) is 0 Å². The summed E-state index contributed by atoms with van der Waals surface area (Å²) in [7, 11) is 0.661. The second-order valence-corrected chi connectivity index (χ2v) is 4.46. The SMILES string of the molecule is [2H]c1c([2H])c(S(=O)(=O)Cl)c([2H])c([2H])c1Cl. The number of benzene rings is 1. The molecule has 0 unspecified atom stereocenters. The molecule has 5 heteroatoms. The molecule has 0 aromatic heterocycles. The Morgan fingerprint density at radius 1 is 1.27 bits per heavy atom. The maximum Gasteiger partial charge on any atom is 0.261 e. The fourth-order valence-corrected chi connectivity index (χ4v) is 1.08. The second-order valence-electron chi connectivity index (χ2n) is 1.58. The molecule has 0 amide bonds. The molecule has 0 aliphatic carbocycles. The first-order valence-electron chi connectivity index (χ1n) is 4.38. The summed E-state index contributed by atoms with van der Waals surface area (Å²) in [6.07, 6.45) is 0. The zero-order valence-electron chi connectivity index (χ0n) is 8.98. The maximum atomic E-state index is 11.0. The second kappa shape index (κ2) is 3.01. The van der Waals surface area contributed by atoms with Gasteiger partial charge in [0, 0.05) is 15.7 Å². The molecule has 0 radical (unpaired) electrons. The molecule has 1 aromatic rings. The van der Waals surface area contributed by atoms with Crippen LogP contribution in [0.2, 0.25) is 5.02 Å². The van der Waals surface area contributed by atoms with Gasteiger partial charge in [-0.2, -0.15) is 0 Å². The molecule has 0 saturated heterocycles. The Bertz CT molecular complexity index is 499. The molecule has 1 rings (SSSR count). The van der Waals surface area contributed by atoms with Gasteiger partial charge in [-0.15, -0.1) is 0 Å². The van der Waals surface area contributed by atoms with E-state index in [1.807, 2.05) is 0 Å². The number of hydrogen-bond acceptors (Lipinski definition) is 2. The summed E-state index contributed by atoms with van der Waals surface area (Å²) in [5.74, 6) is 0. The van der Waals surface area contributed by atoms with Crippen molar-refractivity contribution in [2.24, 2.45) is 0 Å². The van der Waals surface area contributed by atoms with E-state index in [1.54, 1.807) is 0 Å². The van der Waals surface area contributed by atoms with Crippen molar-refractivity contribution < 1.29 is 13.9 Å². The summed E-state index contributed by atoms with van der Waals surface area (Å²) in [6.45, 7) is 0. The van der Waals surface area contributed by atoms with Crippen molar-refractivity contribution in [2.45, 2.75) is 4.90 Å². The molecule has 0 spiro atoms. The van der Waals surface area contributed by atoms with Crippen LogP contribution in [-0.4, -0.2) is 8.42 Å². The van der Waals surface area contributed by atoms with Crippen molar-refractivity contribution in [1.82, 2.24) is 0 Å². The number of hydrogen-bond donors (Lipinski definition) is 0. The molecule has 0 N–H and O–H groups in total. The van der Waals surface area contributed by atoms with E-state index >= 15 is 0 Å². The lowest BCUT2D eigenvalue weighted by molar-refractivity contribution is 0.609. The van der Waals surface area contributed by atoms with Gasteiger partial charge < -0.3 is 0 Å². The van der Waals surface area contributed by atoms with Crippen molar-refractivity contribution in [3.05, 3.63) is 29.2 Å². The van der Waals surface area contributed by atoms with Gasteiger partial charge in [-0.25, -0.2) is 8.42 Å². The predicted molar refractivity (Wildman–Crippen MR) is 44.5 cm³/mol. The molecule has 60 valence electrons. The Morgan fingerprint density at radius 3 is 2.09 bits per heavy atom.